The summed E-state index contributed by atoms with van der Waals surface area (Å²) in [7, 11) is 0. The quantitative estimate of drug-likeness (QED) is 0.648. The van der Waals surface area contributed by atoms with Crippen LogP contribution in [0.25, 0.3) is 6.08 Å². The molecule has 4 heteroatoms. The zero-order valence-corrected chi connectivity index (χ0v) is 14.2. The van der Waals surface area contributed by atoms with Crippen molar-refractivity contribution in [1.29, 1.82) is 0 Å². The van der Waals surface area contributed by atoms with Crippen LogP contribution in [0.4, 0.5) is 0 Å². The fourth-order valence-electron chi connectivity index (χ4n) is 2.02. The number of nitrogens with one attached hydrogen (secondary N) is 1. The molecule has 2 aromatic rings. The Kier molecular flexibility index (Phi) is 6.32. The fraction of sp³-hybridized carbons (Fsp3) is 0.200. The van der Waals surface area contributed by atoms with Crippen molar-refractivity contribution in [1.82, 2.24) is 5.43 Å². The molecule has 0 aliphatic carbocycles. The largest absolute Gasteiger partial charge is 0.483 e. The summed E-state index contributed by atoms with van der Waals surface area (Å²) in [4.78, 5) is 11.8. The highest BCUT2D eigenvalue weighted by atomic mass is 16.5. The summed E-state index contributed by atoms with van der Waals surface area (Å²) in [6, 6.07) is 15.7. The predicted molar refractivity (Wildman–Crippen MR) is 98.1 cm³/mol. The van der Waals surface area contributed by atoms with Crippen molar-refractivity contribution in [2.24, 2.45) is 5.10 Å². The number of carbonyl (C=O) groups is 1. The van der Waals surface area contributed by atoms with Crippen LogP contribution < -0.4 is 10.2 Å². The topological polar surface area (TPSA) is 50.7 Å². The van der Waals surface area contributed by atoms with Crippen LogP contribution in [0, 0.1) is 13.8 Å². The zero-order valence-electron chi connectivity index (χ0n) is 14.2. The molecule has 0 saturated carbocycles. The van der Waals surface area contributed by atoms with Crippen molar-refractivity contribution in [2.75, 3.05) is 6.61 Å². The van der Waals surface area contributed by atoms with Gasteiger partial charge in [-0.1, -0.05) is 48.5 Å². The van der Waals surface area contributed by atoms with Gasteiger partial charge in [0.2, 0.25) is 0 Å². The summed E-state index contributed by atoms with van der Waals surface area (Å²) in [6.07, 6.45) is 3.79. The molecule has 0 heterocycles. The molecule has 0 fully saturated rings. The van der Waals surface area contributed by atoms with Gasteiger partial charge in [0, 0.05) is 0 Å². The van der Waals surface area contributed by atoms with E-state index >= 15 is 0 Å². The van der Waals surface area contributed by atoms with Gasteiger partial charge in [0.1, 0.15) is 5.75 Å². The summed E-state index contributed by atoms with van der Waals surface area (Å²) in [5, 5.41) is 4.04. The number of benzene rings is 2. The third-order valence-corrected chi connectivity index (χ3v) is 3.59. The highest BCUT2D eigenvalue weighted by molar-refractivity contribution is 5.97. The van der Waals surface area contributed by atoms with Crippen LogP contribution in [0.1, 0.15) is 23.6 Å². The van der Waals surface area contributed by atoms with Crippen LogP contribution >= 0.6 is 0 Å². The number of hydrazone groups is 1. The second-order valence-electron chi connectivity index (χ2n) is 5.52. The molecule has 0 atom stereocenters. The van der Waals surface area contributed by atoms with Gasteiger partial charge in [0.15, 0.2) is 6.61 Å². The van der Waals surface area contributed by atoms with Crippen LogP contribution in [0.2, 0.25) is 0 Å². The van der Waals surface area contributed by atoms with E-state index in [1.807, 2.05) is 81.5 Å². The Hall–Kier alpha value is -2.88. The van der Waals surface area contributed by atoms with Gasteiger partial charge in [-0.3, -0.25) is 4.79 Å². The Balaban J connectivity index is 1.83. The Morgan fingerprint density at radius 1 is 1.12 bits per heavy atom. The lowest BCUT2D eigenvalue weighted by Gasteiger charge is -2.09. The summed E-state index contributed by atoms with van der Waals surface area (Å²) in [5.74, 6) is 0.429. The minimum Gasteiger partial charge on any atom is -0.483 e. The average Bonchev–Trinajstić information content (AvgIpc) is 2.60. The van der Waals surface area contributed by atoms with E-state index in [9.17, 15) is 4.79 Å². The highest BCUT2D eigenvalue weighted by Crippen LogP contribution is 2.20. The number of rotatable bonds is 6. The Morgan fingerprint density at radius 3 is 2.62 bits per heavy atom. The van der Waals surface area contributed by atoms with Gasteiger partial charge in [-0.2, -0.15) is 5.10 Å². The second-order valence-corrected chi connectivity index (χ2v) is 5.52. The molecular formula is C20H22N2O2. The van der Waals surface area contributed by atoms with Gasteiger partial charge >= 0.3 is 0 Å². The molecule has 0 unspecified atom stereocenters. The standard InChI is InChI=1S/C20H22N2O2/c1-15-8-7-11-19(17(15)3)24-14-20(23)22-21-16(2)12-13-18-9-5-4-6-10-18/h4-13H,14H2,1-3H3,(H,22,23)/b13-12+,21-16+. The lowest BCUT2D eigenvalue weighted by molar-refractivity contribution is -0.123. The fourth-order valence-corrected chi connectivity index (χ4v) is 2.02. The molecule has 0 saturated heterocycles. The molecule has 2 aromatic carbocycles. The lowest BCUT2D eigenvalue weighted by Crippen LogP contribution is -2.25. The van der Waals surface area contributed by atoms with Crippen molar-refractivity contribution in [3.05, 3.63) is 71.3 Å². The van der Waals surface area contributed by atoms with Crippen molar-refractivity contribution >= 4 is 17.7 Å². The van der Waals surface area contributed by atoms with E-state index in [1.54, 1.807) is 0 Å². The summed E-state index contributed by atoms with van der Waals surface area (Å²) in [5.41, 5.74) is 6.45. The van der Waals surface area contributed by atoms with E-state index in [1.165, 1.54) is 0 Å². The molecule has 0 aromatic heterocycles. The number of ether oxygens (including phenoxy) is 1. The van der Waals surface area contributed by atoms with E-state index in [4.69, 9.17) is 4.74 Å². The maximum atomic E-state index is 11.8. The maximum absolute atomic E-state index is 11.8. The summed E-state index contributed by atoms with van der Waals surface area (Å²) >= 11 is 0. The third-order valence-electron chi connectivity index (χ3n) is 3.59. The molecule has 124 valence electrons. The predicted octanol–water partition coefficient (Wildman–Crippen LogP) is 3.89. The maximum Gasteiger partial charge on any atom is 0.277 e. The monoisotopic (exact) mass is 322 g/mol. The van der Waals surface area contributed by atoms with Crippen LogP contribution in [0.5, 0.6) is 5.75 Å². The van der Waals surface area contributed by atoms with E-state index in [2.05, 4.69) is 10.5 Å². The number of amides is 1. The van der Waals surface area contributed by atoms with Crippen LogP contribution in [-0.2, 0) is 4.79 Å². The van der Waals surface area contributed by atoms with E-state index in [0.29, 0.717) is 5.71 Å². The van der Waals surface area contributed by atoms with Gasteiger partial charge in [-0.25, -0.2) is 5.43 Å². The first-order valence-corrected chi connectivity index (χ1v) is 7.81. The average molecular weight is 322 g/mol. The summed E-state index contributed by atoms with van der Waals surface area (Å²) < 4.78 is 5.54. The zero-order chi connectivity index (χ0) is 17.4. The molecule has 1 N–H and O–H groups in total. The number of aryl methyl sites for hydroxylation is 1. The van der Waals surface area contributed by atoms with Crippen molar-refractivity contribution in [3.63, 3.8) is 0 Å². The highest BCUT2D eigenvalue weighted by Gasteiger charge is 2.05. The van der Waals surface area contributed by atoms with E-state index in [0.717, 1.165) is 22.4 Å². The SMILES string of the molecule is CC(/C=C/c1ccccc1)=N\NC(=O)COc1cccc(C)c1C. The Labute approximate surface area is 142 Å². The van der Waals surface area contributed by atoms with Crippen LogP contribution in [-0.4, -0.2) is 18.2 Å². The smallest absolute Gasteiger partial charge is 0.277 e. The number of hydrogen-bond donors (Lipinski definition) is 1. The van der Waals surface area contributed by atoms with Crippen molar-refractivity contribution < 1.29 is 9.53 Å². The third kappa shape index (κ3) is 5.39. The number of hydrogen-bond acceptors (Lipinski definition) is 3. The van der Waals surface area contributed by atoms with Gasteiger partial charge < -0.3 is 4.74 Å². The Bertz CT molecular complexity index is 749. The molecule has 2 rings (SSSR count). The molecule has 0 bridgehead atoms. The number of allylic oxidation sites excluding steroid dienone is 1. The van der Waals surface area contributed by atoms with E-state index < -0.39 is 0 Å². The van der Waals surface area contributed by atoms with E-state index in [-0.39, 0.29) is 12.5 Å². The molecule has 1 amide bonds. The second kappa shape index (κ2) is 8.67. The molecule has 0 aliphatic heterocycles. The molecule has 0 radical (unpaired) electrons. The van der Waals surface area contributed by atoms with Crippen molar-refractivity contribution in [3.8, 4) is 5.75 Å². The first kappa shape index (κ1) is 17.5. The number of nitrogens with zero attached hydrogens (tertiary/aromatic N) is 1. The van der Waals surface area contributed by atoms with Gasteiger partial charge in [-0.15, -0.1) is 0 Å². The number of carbonyl (C=O) groups excluding carboxylic acids is 1. The molecule has 24 heavy (non-hydrogen) atoms. The summed E-state index contributed by atoms with van der Waals surface area (Å²) in [6.45, 7) is 5.74. The van der Waals surface area contributed by atoms with Gasteiger partial charge in [0.25, 0.3) is 5.91 Å². The first-order valence-electron chi connectivity index (χ1n) is 7.81. The first-order chi connectivity index (χ1) is 11.6. The molecule has 0 spiro atoms. The normalized spacial score (nSPS) is 11.5. The van der Waals surface area contributed by atoms with Crippen LogP contribution in [0.15, 0.2) is 59.7 Å². The minimum atomic E-state index is -0.289. The van der Waals surface area contributed by atoms with Gasteiger partial charge in [-0.05, 0) is 49.6 Å². The Morgan fingerprint density at radius 2 is 1.88 bits per heavy atom. The van der Waals surface area contributed by atoms with Crippen LogP contribution in [0.3, 0.4) is 0 Å². The molecule has 4 nitrogen and oxygen atoms in total. The molecule has 0 aliphatic rings. The van der Waals surface area contributed by atoms with Gasteiger partial charge in [0.05, 0.1) is 5.71 Å². The minimum absolute atomic E-state index is 0.0660. The lowest BCUT2D eigenvalue weighted by atomic mass is 10.1. The van der Waals surface area contributed by atoms with Crippen molar-refractivity contribution in [2.45, 2.75) is 20.8 Å². The molecular weight excluding hydrogens is 300 g/mol.